The lowest BCUT2D eigenvalue weighted by Crippen LogP contribution is -2.46. The molecular weight excluding hydrogens is 230 g/mol. The molecule has 1 amide bonds. The van der Waals surface area contributed by atoms with E-state index in [-0.39, 0.29) is 18.6 Å². The van der Waals surface area contributed by atoms with Crippen molar-refractivity contribution in [2.45, 2.75) is 6.10 Å². The number of nitrogens with one attached hydrogen (secondary N) is 1. The molecule has 0 aromatic carbocycles. The van der Waals surface area contributed by atoms with Gasteiger partial charge >= 0.3 is 0 Å². The van der Waals surface area contributed by atoms with Crippen LogP contribution in [0.25, 0.3) is 6.08 Å². The van der Waals surface area contributed by atoms with Crippen LogP contribution in [0.2, 0.25) is 0 Å². The normalized spacial score (nSPS) is 19.7. The molecule has 1 aromatic rings. The summed E-state index contributed by atoms with van der Waals surface area (Å²) < 4.78 is 5.43. The number of carbonyl (C=O) groups is 1. The summed E-state index contributed by atoms with van der Waals surface area (Å²) in [5, 5.41) is 3.19. The number of carbonyl (C=O) groups excluding carboxylic acids is 1. The third-order valence-corrected chi connectivity index (χ3v) is 2.88. The topological polar surface area (TPSA) is 54.5 Å². The van der Waals surface area contributed by atoms with Crippen molar-refractivity contribution in [3.05, 3.63) is 30.5 Å². The Bertz CT molecular complexity index is 430. The molecule has 1 N–H and O–H groups in total. The highest BCUT2D eigenvalue weighted by molar-refractivity contribution is 5.77. The lowest BCUT2D eigenvalue weighted by molar-refractivity contribution is -0.145. The van der Waals surface area contributed by atoms with Gasteiger partial charge in [-0.15, -0.1) is 0 Å². The van der Waals surface area contributed by atoms with Gasteiger partial charge in [0.15, 0.2) is 0 Å². The van der Waals surface area contributed by atoms with Crippen molar-refractivity contribution in [1.29, 1.82) is 0 Å². The molecule has 0 radical (unpaired) electrons. The van der Waals surface area contributed by atoms with Crippen LogP contribution in [0.4, 0.5) is 5.82 Å². The van der Waals surface area contributed by atoms with E-state index in [1.165, 1.54) is 0 Å². The van der Waals surface area contributed by atoms with Crippen molar-refractivity contribution in [3.8, 4) is 0 Å². The first kappa shape index (κ1) is 12.6. The summed E-state index contributed by atoms with van der Waals surface area (Å²) in [5.41, 5.74) is 0.986. The molecule has 0 aliphatic carbocycles. The molecule has 5 nitrogen and oxygen atoms in total. The van der Waals surface area contributed by atoms with Crippen LogP contribution in [0.3, 0.4) is 0 Å². The number of nitrogens with zero attached hydrogens (tertiary/aromatic N) is 2. The van der Waals surface area contributed by atoms with Gasteiger partial charge in [-0.1, -0.05) is 12.7 Å². The highest BCUT2D eigenvalue weighted by Gasteiger charge is 2.22. The van der Waals surface area contributed by atoms with Crippen molar-refractivity contribution in [3.63, 3.8) is 0 Å². The number of amides is 1. The second-order valence-electron chi connectivity index (χ2n) is 4.27. The maximum absolute atomic E-state index is 11.2. The molecule has 1 unspecified atom stereocenters. The first-order valence-electron chi connectivity index (χ1n) is 5.87. The molecule has 2 rings (SSSR count). The van der Waals surface area contributed by atoms with Crippen LogP contribution in [-0.4, -0.2) is 48.6 Å². The van der Waals surface area contributed by atoms with Gasteiger partial charge in [-0.3, -0.25) is 4.79 Å². The number of rotatable bonds is 4. The fourth-order valence-corrected chi connectivity index (χ4v) is 1.73. The second-order valence-corrected chi connectivity index (χ2v) is 4.27. The molecule has 2 heterocycles. The van der Waals surface area contributed by atoms with E-state index >= 15 is 0 Å². The number of anilines is 1. The monoisotopic (exact) mass is 247 g/mol. The molecular formula is C13H17N3O2. The summed E-state index contributed by atoms with van der Waals surface area (Å²) in [6.07, 6.45) is 3.52. The predicted molar refractivity (Wildman–Crippen MR) is 70.2 cm³/mol. The van der Waals surface area contributed by atoms with E-state index in [0.717, 1.165) is 11.4 Å². The summed E-state index contributed by atoms with van der Waals surface area (Å²) in [6.45, 7) is 5.08. The van der Waals surface area contributed by atoms with Crippen LogP contribution >= 0.6 is 0 Å². The van der Waals surface area contributed by atoms with Crippen molar-refractivity contribution < 1.29 is 9.53 Å². The number of hydrogen-bond donors (Lipinski definition) is 1. The van der Waals surface area contributed by atoms with Crippen LogP contribution < -0.4 is 5.32 Å². The Kier molecular flexibility index (Phi) is 3.94. The maximum Gasteiger partial charge on any atom is 0.248 e. The first-order valence-corrected chi connectivity index (χ1v) is 5.87. The summed E-state index contributed by atoms with van der Waals surface area (Å²) in [6, 6.07) is 3.84. The van der Waals surface area contributed by atoms with E-state index in [2.05, 4.69) is 16.9 Å². The quantitative estimate of drug-likeness (QED) is 0.862. The number of ether oxygens (including phenoxy) is 1. The Balaban J connectivity index is 1.83. The highest BCUT2D eigenvalue weighted by Crippen LogP contribution is 2.08. The Morgan fingerprint density at radius 1 is 1.67 bits per heavy atom. The minimum absolute atomic E-state index is 0.00795. The zero-order valence-electron chi connectivity index (χ0n) is 10.4. The molecule has 0 saturated carbocycles. The number of pyridine rings is 1. The zero-order valence-corrected chi connectivity index (χ0v) is 10.4. The fraction of sp³-hybridized carbons (Fsp3) is 0.385. The Hall–Kier alpha value is -1.88. The van der Waals surface area contributed by atoms with Gasteiger partial charge in [0.1, 0.15) is 12.4 Å². The van der Waals surface area contributed by atoms with Crippen LogP contribution in [0, 0.1) is 0 Å². The molecule has 96 valence electrons. The largest absolute Gasteiger partial charge is 0.367 e. The number of hydrogen-bond acceptors (Lipinski definition) is 4. The van der Waals surface area contributed by atoms with E-state index in [4.69, 9.17) is 4.74 Å². The van der Waals surface area contributed by atoms with Crippen LogP contribution in [-0.2, 0) is 9.53 Å². The van der Waals surface area contributed by atoms with Gasteiger partial charge < -0.3 is 15.0 Å². The average molecular weight is 247 g/mol. The van der Waals surface area contributed by atoms with Crippen molar-refractivity contribution in [2.75, 3.05) is 32.1 Å². The van der Waals surface area contributed by atoms with E-state index in [1.54, 1.807) is 24.2 Å². The fourth-order valence-electron chi connectivity index (χ4n) is 1.73. The minimum Gasteiger partial charge on any atom is -0.367 e. The summed E-state index contributed by atoms with van der Waals surface area (Å²) >= 11 is 0. The molecule has 0 bridgehead atoms. The SMILES string of the molecule is C=Cc1ccc(NCC2CN(C)C(=O)CO2)nc1. The van der Waals surface area contributed by atoms with Gasteiger partial charge in [0.25, 0.3) is 0 Å². The van der Waals surface area contributed by atoms with Gasteiger partial charge in [0.05, 0.1) is 6.10 Å². The first-order chi connectivity index (χ1) is 8.69. The molecule has 1 fully saturated rings. The van der Waals surface area contributed by atoms with Crippen LogP contribution in [0.15, 0.2) is 24.9 Å². The standard InChI is InChI=1S/C13H17N3O2/c1-3-10-4-5-12(14-6-10)15-7-11-8-16(2)13(17)9-18-11/h3-6,11H,1,7-9H2,2H3,(H,14,15). The lowest BCUT2D eigenvalue weighted by atomic mass is 10.2. The third kappa shape index (κ3) is 3.07. The number of likely N-dealkylation sites (N-methyl/N-ethyl adjacent to an activating group) is 1. The van der Waals surface area contributed by atoms with E-state index < -0.39 is 0 Å². The van der Waals surface area contributed by atoms with E-state index in [0.29, 0.717) is 13.1 Å². The molecule has 1 aromatic heterocycles. The lowest BCUT2D eigenvalue weighted by Gasteiger charge is -2.30. The summed E-state index contributed by atoms with van der Waals surface area (Å²) in [4.78, 5) is 17.2. The summed E-state index contributed by atoms with van der Waals surface area (Å²) in [5.74, 6) is 0.823. The van der Waals surface area contributed by atoms with Crippen LogP contribution in [0.5, 0.6) is 0 Å². The van der Waals surface area contributed by atoms with Gasteiger partial charge in [-0.05, 0) is 17.7 Å². The second kappa shape index (κ2) is 5.64. The molecule has 1 aliphatic heterocycles. The Morgan fingerprint density at radius 2 is 2.50 bits per heavy atom. The molecule has 1 atom stereocenters. The van der Waals surface area contributed by atoms with Gasteiger partial charge in [0, 0.05) is 26.3 Å². The molecule has 0 spiro atoms. The summed E-state index contributed by atoms with van der Waals surface area (Å²) in [7, 11) is 1.79. The number of morpholine rings is 1. The molecule has 5 heteroatoms. The maximum atomic E-state index is 11.2. The van der Waals surface area contributed by atoms with Gasteiger partial charge in [0.2, 0.25) is 5.91 Å². The minimum atomic E-state index is 0.00795. The number of aromatic nitrogens is 1. The Labute approximate surface area is 106 Å². The smallest absolute Gasteiger partial charge is 0.248 e. The van der Waals surface area contributed by atoms with Gasteiger partial charge in [-0.25, -0.2) is 4.98 Å². The average Bonchev–Trinajstić information content (AvgIpc) is 2.41. The predicted octanol–water partition coefficient (Wildman–Crippen LogP) is 0.994. The van der Waals surface area contributed by atoms with Crippen LogP contribution in [0.1, 0.15) is 5.56 Å². The Morgan fingerprint density at radius 3 is 3.11 bits per heavy atom. The van der Waals surface area contributed by atoms with Gasteiger partial charge in [-0.2, -0.15) is 0 Å². The molecule has 18 heavy (non-hydrogen) atoms. The van der Waals surface area contributed by atoms with Crippen molar-refractivity contribution in [2.24, 2.45) is 0 Å². The van der Waals surface area contributed by atoms with Crippen molar-refractivity contribution >= 4 is 17.8 Å². The molecule has 1 aliphatic rings. The third-order valence-electron chi connectivity index (χ3n) is 2.88. The highest BCUT2D eigenvalue weighted by atomic mass is 16.5. The van der Waals surface area contributed by atoms with Crippen molar-refractivity contribution in [1.82, 2.24) is 9.88 Å². The molecule has 1 saturated heterocycles. The van der Waals surface area contributed by atoms with E-state index in [1.807, 2.05) is 12.1 Å². The van der Waals surface area contributed by atoms with E-state index in [9.17, 15) is 4.79 Å². The zero-order chi connectivity index (χ0) is 13.0.